The number of hydrogen-bond donors (Lipinski definition) is 1. The second-order valence-electron chi connectivity index (χ2n) is 6.00. The first kappa shape index (κ1) is 18.7. The Morgan fingerprint density at radius 1 is 1.24 bits per heavy atom. The van der Waals surface area contributed by atoms with Crippen LogP contribution in [-0.4, -0.2) is 38.2 Å². The van der Waals surface area contributed by atoms with Crippen LogP contribution in [0.2, 0.25) is 0 Å². The van der Waals surface area contributed by atoms with Crippen LogP contribution in [0.15, 0.2) is 47.8 Å². The monoisotopic (exact) mass is 410 g/mol. The third-order valence-corrected chi connectivity index (χ3v) is 5.01. The van der Waals surface area contributed by atoms with Crippen LogP contribution in [-0.2, 0) is 0 Å². The first-order chi connectivity index (χ1) is 14.1. The van der Waals surface area contributed by atoms with Crippen molar-refractivity contribution in [3.63, 3.8) is 0 Å². The second kappa shape index (κ2) is 7.76. The van der Waals surface area contributed by atoms with Gasteiger partial charge in [-0.15, -0.1) is 16.4 Å². The Morgan fingerprint density at radius 2 is 2.07 bits per heavy atom. The standard InChI is InChI=1S/C19H15FN6O2S/c1-11-23-24-25-26(11)16-9-12(7-8-14(16)20)21-18(27)15-10-29-19(22-15)13-5-3-4-6-17(13)28-2/h3-10H,1-2H3,(H,21,27). The molecular formula is C19H15FN6O2S. The van der Waals surface area contributed by atoms with Crippen molar-refractivity contribution in [1.82, 2.24) is 25.2 Å². The van der Waals surface area contributed by atoms with Gasteiger partial charge in [-0.2, -0.15) is 4.68 Å². The van der Waals surface area contributed by atoms with Crippen molar-refractivity contribution in [1.29, 1.82) is 0 Å². The number of carbonyl (C=O) groups excluding carboxylic acids is 1. The Kier molecular flexibility index (Phi) is 5.00. The second-order valence-corrected chi connectivity index (χ2v) is 6.85. The van der Waals surface area contributed by atoms with Gasteiger partial charge in [0, 0.05) is 11.1 Å². The van der Waals surface area contributed by atoms with E-state index < -0.39 is 11.7 Å². The van der Waals surface area contributed by atoms with E-state index in [0.29, 0.717) is 22.3 Å². The first-order valence-electron chi connectivity index (χ1n) is 8.52. The van der Waals surface area contributed by atoms with E-state index in [1.54, 1.807) is 19.4 Å². The van der Waals surface area contributed by atoms with Gasteiger partial charge in [-0.25, -0.2) is 9.37 Å². The molecule has 4 aromatic rings. The van der Waals surface area contributed by atoms with E-state index in [2.05, 4.69) is 25.8 Å². The zero-order valence-corrected chi connectivity index (χ0v) is 16.3. The summed E-state index contributed by atoms with van der Waals surface area (Å²) in [6, 6.07) is 11.6. The molecule has 0 fully saturated rings. The maximum atomic E-state index is 14.2. The number of amides is 1. The topological polar surface area (TPSA) is 94.8 Å². The van der Waals surface area contributed by atoms with Crippen LogP contribution in [0.5, 0.6) is 5.75 Å². The van der Waals surface area contributed by atoms with Crippen LogP contribution < -0.4 is 10.1 Å². The lowest BCUT2D eigenvalue weighted by Gasteiger charge is -2.08. The molecule has 0 aliphatic heterocycles. The zero-order valence-electron chi connectivity index (χ0n) is 15.5. The summed E-state index contributed by atoms with van der Waals surface area (Å²) in [4.78, 5) is 17.0. The number of hydrogen-bond acceptors (Lipinski definition) is 7. The lowest BCUT2D eigenvalue weighted by atomic mass is 10.2. The zero-order chi connectivity index (χ0) is 20.4. The minimum Gasteiger partial charge on any atom is -0.496 e. The van der Waals surface area contributed by atoms with Gasteiger partial charge in [0.05, 0.1) is 12.7 Å². The van der Waals surface area contributed by atoms with Gasteiger partial charge in [0.25, 0.3) is 5.91 Å². The molecular weight excluding hydrogens is 395 g/mol. The van der Waals surface area contributed by atoms with E-state index in [0.717, 1.165) is 5.56 Å². The molecule has 0 aliphatic rings. The van der Waals surface area contributed by atoms with E-state index in [1.165, 1.54) is 34.2 Å². The number of benzene rings is 2. The SMILES string of the molecule is COc1ccccc1-c1nc(C(=O)Nc2ccc(F)c(-n3nnnc3C)c2)cs1. The third-order valence-electron chi connectivity index (χ3n) is 4.13. The van der Waals surface area contributed by atoms with Crippen molar-refractivity contribution < 1.29 is 13.9 Å². The fourth-order valence-electron chi connectivity index (χ4n) is 2.73. The molecule has 0 radical (unpaired) electrons. The molecule has 0 atom stereocenters. The molecule has 4 rings (SSSR count). The van der Waals surface area contributed by atoms with Crippen LogP contribution in [0.25, 0.3) is 16.3 Å². The van der Waals surface area contributed by atoms with Gasteiger partial charge < -0.3 is 10.1 Å². The maximum Gasteiger partial charge on any atom is 0.275 e. The highest BCUT2D eigenvalue weighted by molar-refractivity contribution is 7.13. The van der Waals surface area contributed by atoms with Gasteiger partial charge in [0.15, 0.2) is 5.82 Å². The highest BCUT2D eigenvalue weighted by Crippen LogP contribution is 2.32. The van der Waals surface area contributed by atoms with Gasteiger partial charge in [0.2, 0.25) is 0 Å². The molecule has 10 heteroatoms. The molecule has 8 nitrogen and oxygen atoms in total. The van der Waals surface area contributed by atoms with Crippen molar-refractivity contribution >= 4 is 22.9 Å². The van der Waals surface area contributed by atoms with Crippen LogP contribution in [0.4, 0.5) is 10.1 Å². The average Bonchev–Trinajstić information content (AvgIpc) is 3.39. The van der Waals surface area contributed by atoms with Gasteiger partial charge in [0.1, 0.15) is 28.0 Å². The molecule has 0 saturated heterocycles. The molecule has 0 saturated carbocycles. The minimum atomic E-state index is -0.509. The Labute approximate surface area is 169 Å². The molecule has 2 heterocycles. The van der Waals surface area contributed by atoms with Gasteiger partial charge >= 0.3 is 0 Å². The summed E-state index contributed by atoms with van der Waals surface area (Å²) in [7, 11) is 1.58. The van der Waals surface area contributed by atoms with Gasteiger partial charge in [-0.05, 0) is 47.7 Å². The van der Waals surface area contributed by atoms with Gasteiger partial charge in [-0.1, -0.05) is 12.1 Å². The number of ether oxygens (including phenoxy) is 1. The predicted molar refractivity (Wildman–Crippen MR) is 106 cm³/mol. The molecule has 29 heavy (non-hydrogen) atoms. The number of rotatable bonds is 5. The minimum absolute atomic E-state index is 0.137. The number of thiazole rings is 1. The number of aromatic nitrogens is 5. The number of nitrogens with zero attached hydrogens (tertiary/aromatic N) is 5. The molecule has 2 aromatic carbocycles. The van der Waals surface area contributed by atoms with E-state index >= 15 is 0 Å². The van der Waals surface area contributed by atoms with Crippen molar-refractivity contribution in [2.24, 2.45) is 0 Å². The van der Waals surface area contributed by atoms with Crippen LogP contribution >= 0.6 is 11.3 Å². The number of methoxy groups -OCH3 is 1. The van der Waals surface area contributed by atoms with Crippen LogP contribution in [0.3, 0.4) is 0 Å². The third kappa shape index (κ3) is 3.69. The quantitative estimate of drug-likeness (QED) is 0.541. The lowest BCUT2D eigenvalue weighted by Crippen LogP contribution is -2.13. The summed E-state index contributed by atoms with van der Waals surface area (Å²) in [6.07, 6.45) is 0. The summed E-state index contributed by atoms with van der Waals surface area (Å²) in [6.45, 7) is 1.65. The number of para-hydroxylation sites is 1. The number of nitrogens with one attached hydrogen (secondary N) is 1. The average molecular weight is 410 g/mol. The van der Waals surface area contributed by atoms with Crippen molar-refractivity contribution in [2.75, 3.05) is 12.4 Å². The number of tetrazole rings is 1. The number of anilines is 1. The van der Waals surface area contributed by atoms with Crippen molar-refractivity contribution in [3.05, 3.63) is 65.2 Å². The van der Waals surface area contributed by atoms with E-state index in [1.807, 2.05) is 24.3 Å². The molecule has 1 amide bonds. The highest BCUT2D eigenvalue weighted by Gasteiger charge is 2.16. The maximum absolute atomic E-state index is 14.2. The number of halogens is 1. The predicted octanol–water partition coefficient (Wildman–Crippen LogP) is 3.49. The Hall–Kier alpha value is -3.66. The van der Waals surface area contributed by atoms with E-state index in [-0.39, 0.29) is 11.4 Å². The molecule has 0 aliphatic carbocycles. The fraction of sp³-hybridized carbons (Fsp3) is 0.105. The number of carbonyl (C=O) groups is 1. The Morgan fingerprint density at radius 3 is 2.83 bits per heavy atom. The summed E-state index contributed by atoms with van der Waals surface area (Å²) in [5.74, 6) is 0.182. The fourth-order valence-corrected chi connectivity index (χ4v) is 3.55. The smallest absolute Gasteiger partial charge is 0.275 e. The molecule has 2 aromatic heterocycles. The summed E-state index contributed by atoms with van der Waals surface area (Å²) >= 11 is 1.33. The normalized spacial score (nSPS) is 10.7. The first-order valence-corrected chi connectivity index (χ1v) is 9.40. The molecule has 0 bridgehead atoms. The van der Waals surface area contributed by atoms with Crippen LogP contribution in [0.1, 0.15) is 16.3 Å². The van der Waals surface area contributed by atoms with E-state index in [4.69, 9.17) is 4.74 Å². The Bertz CT molecular complexity index is 1190. The van der Waals surface area contributed by atoms with E-state index in [9.17, 15) is 9.18 Å². The number of aryl methyl sites for hydroxylation is 1. The summed E-state index contributed by atoms with van der Waals surface area (Å²) < 4.78 is 20.8. The largest absolute Gasteiger partial charge is 0.496 e. The molecule has 0 unspecified atom stereocenters. The molecule has 146 valence electrons. The van der Waals surface area contributed by atoms with Crippen LogP contribution in [0, 0.1) is 12.7 Å². The van der Waals surface area contributed by atoms with Crippen molar-refractivity contribution in [2.45, 2.75) is 6.92 Å². The molecule has 1 N–H and O–H groups in total. The summed E-state index contributed by atoms with van der Waals surface area (Å²) in [5, 5.41) is 16.1. The molecule has 0 spiro atoms. The van der Waals surface area contributed by atoms with Crippen molar-refractivity contribution in [3.8, 4) is 22.0 Å². The summed E-state index contributed by atoms with van der Waals surface area (Å²) in [5.41, 5.74) is 1.59. The Balaban J connectivity index is 1.58. The lowest BCUT2D eigenvalue weighted by molar-refractivity contribution is 0.102. The highest BCUT2D eigenvalue weighted by atomic mass is 32.1. The van der Waals surface area contributed by atoms with Gasteiger partial charge in [-0.3, -0.25) is 4.79 Å².